The summed E-state index contributed by atoms with van der Waals surface area (Å²) in [6.07, 6.45) is -7.13. The Labute approximate surface area is 167 Å². The van der Waals surface area contributed by atoms with E-state index in [1.54, 1.807) is 0 Å². The number of halogens is 6. The van der Waals surface area contributed by atoms with Crippen LogP contribution in [0.25, 0.3) is 22.4 Å². The van der Waals surface area contributed by atoms with Gasteiger partial charge in [0.05, 0.1) is 11.1 Å². The lowest BCUT2D eigenvalue weighted by Crippen LogP contribution is -2.07. The van der Waals surface area contributed by atoms with Crippen LogP contribution in [-0.2, 0) is 16.0 Å². The molecule has 3 rings (SSSR count). The molecule has 0 amide bonds. The molecule has 2 aromatic carbocycles. The van der Waals surface area contributed by atoms with Crippen LogP contribution in [0.1, 0.15) is 23.3 Å². The SMILES string of the molecule is Cc1ccc(-c2noc(C(F)F)c2-c2ccc(S(C)(=O)=O)c(F)c2)cc1C(F)(F)F. The van der Waals surface area contributed by atoms with E-state index in [0.717, 1.165) is 30.5 Å². The number of benzene rings is 2. The Bertz CT molecular complexity index is 1220. The van der Waals surface area contributed by atoms with Gasteiger partial charge >= 0.3 is 6.18 Å². The first-order chi connectivity index (χ1) is 13.8. The van der Waals surface area contributed by atoms with Crippen LogP contribution in [0.2, 0.25) is 0 Å². The van der Waals surface area contributed by atoms with Crippen molar-refractivity contribution in [3.05, 3.63) is 59.1 Å². The topological polar surface area (TPSA) is 60.2 Å². The number of aryl methyl sites for hydroxylation is 1. The molecule has 0 unspecified atom stereocenters. The first-order valence-corrected chi connectivity index (χ1v) is 10.2. The molecule has 0 N–H and O–H groups in total. The van der Waals surface area contributed by atoms with Gasteiger partial charge in [-0.2, -0.15) is 13.2 Å². The van der Waals surface area contributed by atoms with Gasteiger partial charge in [-0.25, -0.2) is 21.6 Å². The number of hydrogen-bond donors (Lipinski definition) is 0. The Morgan fingerprint density at radius 3 is 2.20 bits per heavy atom. The van der Waals surface area contributed by atoms with Crippen LogP contribution in [-0.4, -0.2) is 19.8 Å². The molecule has 160 valence electrons. The molecule has 0 spiro atoms. The molecular weight excluding hydrogens is 436 g/mol. The second-order valence-corrected chi connectivity index (χ2v) is 8.50. The minimum absolute atomic E-state index is 0.0890. The van der Waals surface area contributed by atoms with Crippen molar-refractivity contribution in [3.8, 4) is 22.4 Å². The molecule has 0 bridgehead atoms. The molecular formula is C19H13F6NO3S. The van der Waals surface area contributed by atoms with Gasteiger partial charge in [-0.05, 0) is 36.2 Å². The van der Waals surface area contributed by atoms with E-state index >= 15 is 0 Å². The van der Waals surface area contributed by atoms with E-state index in [4.69, 9.17) is 0 Å². The summed E-state index contributed by atoms with van der Waals surface area (Å²) in [4.78, 5) is -0.655. The van der Waals surface area contributed by atoms with Gasteiger partial charge in [0, 0.05) is 11.8 Å². The van der Waals surface area contributed by atoms with Gasteiger partial charge in [0.1, 0.15) is 16.4 Å². The monoisotopic (exact) mass is 449 g/mol. The summed E-state index contributed by atoms with van der Waals surface area (Å²) >= 11 is 0. The number of sulfone groups is 1. The maximum absolute atomic E-state index is 14.3. The minimum atomic E-state index is -4.70. The van der Waals surface area contributed by atoms with Crippen molar-refractivity contribution in [2.75, 3.05) is 6.26 Å². The summed E-state index contributed by atoms with van der Waals surface area (Å²) < 4.78 is 109. The molecule has 30 heavy (non-hydrogen) atoms. The molecule has 11 heteroatoms. The first-order valence-electron chi connectivity index (χ1n) is 8.26. The molecule has 0 aliphatic rings. The zero-order chi connectivity index (χ0) is 22.4. The molecule has 0 fully saturated rings. The minimum Gasteiger partial charge on any atom is -0.354 e. The fraction of sp³-hybridized carbons (Fsp3) is 0.211. The maximum Gasteiger partial charge on any atom is 0.416 e. The van der Waals surface area contributed by atoms with Crippen molar-refractivity contribution in [1.29, 1.82) is 0 Å². The molecule has 0 aliphatic carbocycles. The van der Waals surface area contributed by atoms with E-state index in [1.807, 2.05) is 0 Å². The highest BCUT2D eigenvalue weighted by atomic mass is 32.2. The van der Waals surface area contributed by atoms with Crippen LogP contribution in [0.15, 0.2) is 45.8 Å². The van der Waals surface area contributed by atoms with Gasteiger partial charge in [-0.1, -0.05) is 23.4 Å². The van der Waals surface area contributed by atoms with Crippen molar-refractivity contribution in [2.45, 2.75) is 24.4 Å². The van der Waals surface area contributed by atoms with Crippen LogP contribution in [0.3, 0.4) is 0 Å². The van der Waals surface area contributed by atoms with E-state index in [0.29, 0.717) is 6.07 Å². The van der Waals surface area contributed by atoms with Crippen molar-refractivity contribution in [1.82, 2.24) is 5.16 Å². The van der Waals surface area contributed by atoms with Gasteiger partial charge < -0.3 is 4.52 Å². The van der Waals surface area contributed by atoms with Gasteiger partial charge in [0.25, 0.3) is 6.43 Å². The standard InChI is InChI=1S/C19H13F6NO3S/c1-9-3-4-11(7-12(9)19(23,24)25)16-15(17(18(21)22)29-26-16)10-5-6-14(13(20)8-10)30(2,27)28/h3-8,18H,1-2H3. The largest absolute Gasteiger partial charge is 0.416 e. The quantitative estimate of drug-likeness (QED) is 0.472. The van der Waals surface area contributed by atoms with Crippen LogP contribution < -0.4 is 0 Å². The van der Waals surface area contributed by atoms with Gasteiger partial charge in [0.2, 0.25) is 5.76 Å². The zero-order valence-electron chi connectivity index (χ0n) is 15.4. The summed E-state index contributed by atoms with van der Waals surface area (Å²) in [5.41, 5.74) is -2.27. The predicted molar refractivity (Wildman–Crippen MR) is 95.1 cm³/mol. The van der Waals surface area contributed by atoms with E-state index in [9.17, 15) is 34.8 Å². The highest BCUT2D eigenvalue weighted by Crippen LogP contribution is 2.41. The highest BCUT2D eigenvalue weighted by Gasteiger charge is 2.34. The number of aromatic nitrogens is 1. The number of hydrogen-bond acceptors (Lipinski definition) is 4. The Morgan fingerprint density at radius 1 is 1.03 bits per heavy atom. The fourth-order valence-electron chi connectivity index (χ4n) is 2.96. The van der Waals surface area contributed by atoms with Crippen LogP contribution in [0, 0.1) is 12.7 Å². The third-order valence-corrected chi connectivity index (χ3v) is 5.48. The second-order valence-electron chi connectivity index (χ2n) is 6.52. The third kappa shape index (κ3) is 4.07. The van der Waals surface area contributed by atoms with Gasteiger partial charge in [-0.3, -0.25) is 0 Å². The van der Waals surface area contributed by atoms with E-state index < -0.39 is 50.0 Å². The third-order valence-electron chi connectivity index (χ3n) is 4.35. The predicted octanol–water partition coefficient (Wildman–Crippen LogP) is 5.82. The molecule has 1 heterocycles. The molecule has 0 radical (unpaired) electrons. The van der Waals surface area contributed by atoms with Crippen molar-refractivity contribution >= 4 is 9.84 Å². The van der Waals surface area contributed by atoms with E-state index in [-0.39, 0.29) is 22.4 Å². The molecule has 1 aromatic heterocycles. The van der Waals surface area contributed by atoms with Crippen molar-refractivity contribution in [3.63, 3.8) is 0 Å². The summed E-state index contributed by atoms with van der Waals surface area (Å²) in [5.74, 6) is -2.19. The van der Waals surface area contributed by atoms with Crippen LogP contribution in [0.4, 0.5) is 26.3 Å². The lowest BCUT2D eigenvalue weighted by atomic mass is 9.96. The Balaban J connectivity index is 2.26. The summed E-state index contributed by atoms with van der Waals surface area (Å²) in [5, 5.41) is 3.47. The van der Waals surface area contributed by atoms with E-state index in [1.165, 1.54) is 13.0 Å². The highest BCUT2D eigenvalue weighted by molar-refractivity contribution is 7.90. The molecule has 0 atom stereocenters. The molecule has 0 saturated carbocycles. The lowest BCUT2D eigenvalue weighted by molar-refractivity contribution is -0.138. The molecule has 0 aliphatic heterocycles. The Kier molecular flexibility index (Phi) is 5.44. The molecule has 3 aromatic rings. The lowest BCUT2D eigenvalue weighted by Gasteiger charge is -2.12. The van der Waals surface area contributed by atoms with Crippen molar-refractivity contribution in [2.24, 2.45) is 0 Å². The van der Waals surface area contributed by atoms with Gasteiger partial charge in [0.15, 0.2) is 9.84 Å². The molecule has 0 saturated heterocycles. The Morgan fingerprint density at radius 2 is 1.67 bits per heavy atom. The van der Waals surface area contributed by atoms with Crippen LogP contribution in [0.5, 0.6) is 0 Å². The smallest absolute Gasteiger partial charge is 0.354 e. The maximum atomic E-state index is 14.3. The Hall–Kier alpha value is -2.82. The van der Waals surface area contributed by atoms with Gasteiger partial charge in [-0.15, -0.1) is 0 Å². The van der Waals surface area contributed by atoms with Crippen molar-refractivity contribution < 1.29 is 39.3 Å². The van der Waals surface area contributed by atoms with Crippen LogP contribution >= 0.6 is 0 Å². The molecule has 4 nitrogen and oxygen atoms in total. The first kappa shape index (κ1) is 21.9. The summed E-state index contributed by atoms with van der Waals surface area (Å²) in [6, 6.07) is 5.74. The average Bonchev–Trinajstić information content (AvgIpc) is 3.05. The second kappa shape index (κ2) is 7.46. The number of rotatable bonds is 4. The van der Waals surface area contributed by atoms with E-state index in [2.05, 4.69) is 9.68 Å². The average molecular weight is 449 g/mol. The summed E-state index contributed by atoms with van der Waals surface area (Å²) in [7, 11) is -3.92. The summed E-state index contributed by atoms with van der Waals surface area (Å²) in [6.45, 7) is 1.24. The fourth-order valence-corrected chi connectivity index (χ4v) is 3.69. The zero-order valence-corrected chi connectivity index (χ0v) is 16.2. The number of alkyl halides is 5. The number of nitrogens with zero attached hydrogens (tertiary/aromatic N) is 1. The normalized spacial score (nSPS) is 12.6.